The van der Waals surface area contributed by atoms with Gasteiger partial charge >= 0.3 is 71.6 Å². The SMILES string of the molecule is [InH3].[O]=[Zn].[SnH]. The van der Waals surface area contributed by atoms with Gasteiger partial charge in [-0.1, -0.05) is 0 Å². The molecule has 0 saturated carbocycles. The average molecular weight is 319 g/mol. The van der Waals surface area contributed by atoms with Crippen molar-refractivity contribution in [2.45, 2.75) is 0 Å². The second kappa shape index (κ2) is 19.5. The Morgan fingerprint density at radius 1 is 1.25 bits per heavy atom. The van der Waals surface area contributed by atoms with E-state index < -0.39 is 0 Å². The normalized spacial score (nSPS) is 1.50. The maximum absolute atomic E-state index is 8.38. The molecule has 0 aromatic carbocycles. The molecule has 4 heteroatoms. The topological polar surface area (TPSA) is 17.1 Å². The molecular weight excluding hydrogens is 315 g/mol. The van der Waals surface area contributed by atoms with Crippen LogP contribution >= 0.6 is 0 Å². The molecule has 0 aliphatic heterocycles. The summed E-state index contributed by atoms with van der Waals surface area (Å²) in [6.45, 7) is 0. The summed E-state index contributed by atoms with van der Waals surface area (Å²) in [5.74, 6) is 0. The van der Waals surface area contributed by atoms with Gasteiger partial charge in [0.15, 0.2) is 0 Å². The second-order valence-electron chi connectivity index (χ2n) is 0. The average Bonchev–Trinajstić information content (AvgIpc) is 1.00. The van der Waals surface area contributed by atoms with Gasteiger partial charge in [-0.3, -0.25) is 0 Å². The molecule has 19 valence electrons. The van der Waals surface area contributed by atoms with Crippen LogP contribution in [0.5, 0.6) is 0 Å². The van der Waals surface area contributed by atoms with Crippen LogP contribution in [0.25, 0.3) is 0 Å². The summed E-state index contributed by atoms with van der Waals surface area (Å²) in [7, 11) is 0. The predicted molar refractivity (Wildman–Crippen MR) is 17.8 cm³/mol. The van der Waals surface area contributed by atoms with Crippen LogP contribution in [0.1, 0.15) is 0 Å². The van der Waals surface area contributed by atoms with Gasteiger partial charge in [-0.25, -0.2) is 0 Å². The van der Waals surface area contributed by atoms with Crippen LogP contribution in [-0.4, -0.2) is 49.8 Å². The third-order valence-corrected chi connectivity index (χ3v) is 0. The van der Waals surface area contributed by atoms with Gasteiger partial charge in [0.2, 0.25) is 0 Å². The van der Waals surface area contributed by atoms with E-state index in [1.54, 1.807) is 0 Å². The van der Waals surface area contributed by atoms with Crippen molar-refractivity contribution >= 4 is 49.8 Å². The molecule has 0 amide bonds. The van der Waals surface area contributed by atoms with Crippen molar-refractivity contribution in [2.75, 3.05) is 0 Å². The van der Waals surface area contributed by atoms with Gasteiger partial charge in [-0.15, -0.1) is 0 Å². The second-order valence-corrected chi connectivity index (χ2v) is 0. The third-order valence-electron chi connectivity index (χ3n) is 0. The molecule has 0 bridgehead atoms. The summed E-state index contributed by atoms with van der Waals surface area (Å²) in [5, 5.41) is 0. The fourth-order valence-electron chi connectivity index (χ4n) is 0. The first-order valence-corrected chi connectivity index (χ1v) is 1.50. The van der Waals surface area contributed by atoms with E-state index >= 15 is 0 Å². The van der Waals surface area contributed by atoms with Gasteiger partial charge in [-0.2, -0.15) is 0 Å². The van der Waals surface area contributed by atoms with Gasteiger partial charge in [0.05, 0.1) is 0 Å². The van der Waals surface area contributed by atoms with E-state index in [4.69, 9.17) is 3.57 Å². The van der Waals surface area contributed by atoms with Gasteiger partial charge in [0.25, 0.3) is 0 Å². The van der Waals surface area contributed by atoms with Crippen LogP contribution < -0.4 is 0 Å². The molecule has 0 rings (SSSR count). The van der Waals surface area contributed by atoms with E-state index in [0.29, 0.717) is 0 Å². The zero-order valence-corrected chi connectivity index (χ0v) is 7.96. The zero-order chi connectivity index (χ0) is 2.00. The summed E-state index contributed by atoms with van der Waals surface area (Å²) in [6, 6.07) is 0. The van der Waals surface area contributed by atoms with E-state index in [1.165, 1.54) is 0 Å². The van der Waals surface area contributed by atoms with Crippen molar-refractivity contribution in [3.63, 3.8) is 0 Å². The zero-order valence-electron chi connectivity index (χ0n) is 1.69. The summed E-state index contributed by atoms with van der Waals surface area (Å²) >= 11 is 0.125. The van der Waals surface area contributed by atoms with E-state index in [1.807, 2.05) is 0 Å². The first-order chi connectivity index (χ1) is 1.00. The molecule has 0 heterocycles. The first kappa shape index (κ1) is 16.5. The molecule has 0 N–H and O–H groups in total. The standard InChI is InChI=1S/In.O.Sn.Zn.4H. The van der Waals surface area contributed by atoms with Gasteiger partial charge in [-0.05, 0) is 0 Å². The van der Waals surface area contributed by atoms with Crippen molar-refractivity contribution < 1.29 is 21.8 Å². The molecule has 3 radical (unpaired) electrons. The Bertz CT molecular complexity index is 8.00. The molecular formula is H4InOSnZn. The van der Waals surface area contributed by atoms with Crippen LogP contribution in [0.4, 0.5) is 0 Å². The minimum absolute atomic E-state index is 0. The molecule has 0 atom stereocenters. The fourth-order valence-corrected chi connectivity index (χ4v) is 0. The first-order valence-electron chi connectivity index (χ1n) is 0.289. The van der Waals surface area contributed by atoms with Crippen LogP contribution in [0.3, 0.4) is 0 Å². The van der Waals surface area contributed by atoms with E-state index in [-0.39, 0.29) is 68.0 Å². The Morgan fingerprint density at radius 2 is 1.25 bits per heavy atom. The summed E-state index contributed by atoms with van der Waals surface area (Å²) in [4.78, 5) is 0. The summed E-state index contributed by atoms with van der Waals surface area (Å²) < 4.78 is 8.38. The Labute approximate surface area is 70.6 Å². The molecule has 0 spiro atoms. The van der Waals surface area contributed by atoms with Crippen molar-refractivity contribution in [1.29, 1.82) is 0 Å². The minimum atomic E-state index is 0. The quantitative estimate of drug-likeness (QED) is 0.474. The molecule has 0 saturated heterocycles. The molecule has 0 fully saturated rings. The van der Waals surface area contributed by atoms with Crippen LogP contribution in [0, 0.1) is 0 Å². The van der Waals surface area contributed by atoms with Crippen LogP contribution in [0.2, 0.25) is 0 Å². The summed E-state index contributed by atoms with van der Waals surface area (Å²) in [6.07, 6.45) is 0. The van der Waals surface area contributed by atoms with Crippen molar-refractivity contribution in [3.8, 4) is 0 Å². The van der Waals surface area contributed by atoms with Crippen LogP contribution in [-0.2, 0) is 21.8 Å². The van der Waals surface area contributed by atoms with Gasteiger partial charge in [0.1, 0.15) is 0 Å². The Kier molecular flexibility index (Phi) is 80.5. The summed E-state index contributed by atoms with van der Waals surface area (Å²) in [5.41, 5.74) is 0. The monoisotopic (exact) mass is 319 g/mol. The van der Waals surface area contributed by atoms with Crippen molar-refractivity contribution in [1.82, 2.24) is 0 Å². The molecule has 0 aliphatic rings. The van der Waals surface area contributed by atoms with E-state index in [0.717, 1.165) is 0 Å². The molecule has 1 nitrogen and oxygen atoms in total. The number of hydrogen-bond donors (Lipinski definition) is 0. The molecule has 0 aromatic rings. The fraction of sp³-hybridized carbons (Fsp3) is 0. The van der Waals surface area contributed by atoms with Crippen LogP contribution in [0.15, 0.2) is 0 Å². The molecule has 0 unspecified atom stereocenters. The Morgan fingerprint density at radius 3 is 1.25 bits per heavy atom. The Balaban J connectivity index is -0.00000000500. The van der Waals surface area contributed by atoms with E-state index in [9.17, 15) is 0 Å². The third kappa shape index (κ3) is 8.94. The molecule has 0 aromatic heterocycles. The van der Waals surface area contributed by atoms with Gasteiger partial charge < -0.3 is 0 Å². The Hall–Kier alpha value is 2.09. The maximum atomic E-state index is 8.38. The van der Waals surface area contributed by atoms with Crippen molar-refractivity contribution in [3.05, 3.63) is 0 Å². The van der Waals surface area contributed by atoms with Crippen molar-refractivity contribution in [2.24, 2.45) is 0 Å². The number of rotatable bonds is 0. The number of hydrogen-bond acceptors (Lipinski definition) is 1. The molecule has 4 heavy (non-hydrogen) atoms. The molecule has 0 aliphatic carbocycles. The predicted octanol–water partition coefficient (Wildman–Crippen LogP) is -1.95. The van der Waals surface area contributed by atoms with E-state index in [2.05, 4.69) is 0 Å². The van der Waals surface area contributed by atoms with Gasteiger partial charge in [0, 0.05) is 0 Å².